The van der Waals surface area contributed by atoms with Crippen molar-refractivity contribution in [3.63, 3.8) is 0 Å². The zero-order valence-electron chi connectivity index (χ0n) is 13.1. The molecule has 2 aliphatic rings. The summed E-state index contributed by atoms with van der Waals surface area (Å²) in [6.45, 7) is 2.65. The maximum Gasteiger partial charge on any atom is 0.272 e. The van der Waals surface area contributed by atoms with Crippen LogP contribution in [-0.2, 0) is 4.79 Å². The van der Waals surface area contributed by atoms with E-state index in [1.807, 2.05) is 10.9 Å². The Hall–Kier alpha value is -1.60. The van der Waals surface area contributed by atoms with E-state index in [1.165, 1.54) is 12.8 Å². The van der Waals surface area contributed by atoms with Gasteiger partial charge in [0, 0.05) is 19.3 Å². The van der Waals surface area contributed by atoms with Crippen molar-refractivity contribution in [2.24, 2.45) is 5.92 Å². The standard InChI is InChI=1S/C15H23N5O2.ClH/c21-14(17-8-11-3-4-11)10-18-15(22)13-5-7-20(19-13)12-2-1-6-16-9-12;/h5,7,11-12,16H,1-4,6,8-10H2,(H,17,21)(H,18,22);1H. The second-order valence-corrected chi connectivity index (χ2v) is 6.11. The van der Waals surface area contributed by atoms with Gasteiger partial charge in [0.05, 0.1) is 12.6 Å². The molecule has 1 saturated carbocycles. The molecule has 0 radical (unpaired) electrons. The van der Waals surface area contributed by atoms with Crippen LogP contribution < -0.4 is 16.0 Å². The van der Waals surface area contributed by atoms with E-state index in [0.717, 1.165) is 32.5 Å². The van der Waals surface area contributed by atoms with Crippen LogP contribution in [0.5, 0.6) is 0 Å². The first-order valence-electron chi connectivity index (χ1n) is 8.03. The molecule has 3 rings (SSSR count). The molecule has 2 fully saturated rings. The summed E-state index contributed by atoms with van der Waals surface area (Å²) in [5.74, 6) is 0.194. The van der Waals surface area contributed by atoms with Gasteiger partial charge in [0.15, 0.2) is 0 Å². The molecule has 0 spiro atoms. The molecule has 7 nitrogen and oxygen atoms in total. The van der Waals surface area contributed by atoms with E-state index in [2.05, 4.69) is 21.0 Å². The van der Waals surface area contributed by atoms with E-state index in [4.69, 9.17) is 0 Å². The van der Waals surface area contributed by atoms with Crippen molar-refractivity contribution in [1.29, 1.82) is 0 Å². The zero-order valence-corrected chi connectivity index (χ0v) is 13.9. The molecular formula is C15H24ClN5O2. The van der Waals surface area contributed by atoms with E-state index in [1.54, 1.807) is 6.07 Å². The van der Waals surface area contributed by atoms with Gasteiger partial charge < -0.3 is 16.0 Å². The summed E-state index contributed by atoms with van der Waals surface area (Å²) in [7, 11) is 0. The molecule has 1 aromatic heterocycles. The highest BCUT2D eigenvalue weighted by molar-refractivity contribution is 5.94. The molecule has 128 valence electrons. The first-order valence-corrected chi connectivity index (χ1v) is 8.03. The number of hydrogen-bond donors (Lipinski definition) is 3. The molecular weight excluding hydrogens is 318 g/mol. The summed E-state index contributed by atoms with van der Waals surface area (Å²) in [5.41, 5.74) is 0.362. The van der Waals surface area contributed by atoms with Crippen LogP contribution in [0.4, 0.5) is 0 Å². The predicted octanol–water partition coefficient (Wildman–Crippen LogP) is 0.485. The highest BCUT2D eigenvalue weighted by Gasteiger charge is 2.22. The van der Waals surface area contributed by atoms with Crippen molar-refractivity contribution >= 4 is 24.2 Å². The van der Waals surface area contributed by atoms with Gasteiger partial charge in [-0.05, 0) is 44.2 Å². The Labute approximate surface area is 142 Å². The number of carbonyl (C=O) groups excluding carboxylic acids is 2. The van der Waals surface area contributed by atoms with E-state index in [9.17, 15) is 9.59 Å². The molecule has 1 saturated heterocycles. The fourth-order valence-corrected chi connectivity index (χ4v) is 2.62. The van der Waals surface area contributed by atoms with Gasteiger partial charge >= 0.3 is 0 Å². The van der Waals surface area contributed by atoms with Crippen molar-refractivity contribution in [3.8, 4) is 0 Å². The predicted molar refractivity (Wildman–Crippen MR) is 88.7 cm³/mol. The van der Waals surface area contributed by atoms with Crippen molar-refractivity contribution in [2.45, 2.75) is 31.7 Å². The lowest BCUT2D eigenvalue weighted by molar-refractivity contribution is -0.120. The van der Waals surface area contributed by atoms with Crippen LogP contribution >= 0.6 is 12.4 Å². The maximum absolute atomic E-state index is 12.0. The van der Waals surface area contributed by atoms with Gasteiger partial charge in [0.1, 0.15) is 5.69 Å². The third kappa shape index (κ3) is 5.21. The molecule has 0 bridgehead atoms. The topological polar surface area (TPSA) is 88.1 Å². The molecule has 1 atom stereocenters. The van der Waals surface area contributed by atoms with Gasteiger partial charge in [-0.2, -0.15) is 5.10 Å². The minimum absolute atomic E-state index is 0. The monoisotopic (exact) mass is 341 g/mol. The molecule has 0 aromatic carbocycles. The normalized spacial score (nSPS) is 20.4. The smallest absolute Gasteiger partial charge is 0.272 e. The van der Waals surface area contributed by atoms with E-state index in [0.29, 0.717) is 17.7 Å². The highest BCUT2D eigenvalue weighted by atomic mass is 35.5. The lowest BCUT2D eigenvalue weighted by atomic mass is 10.1. The van der Waals surface area contributed by atoms with Crippen LogP contribution in [0.2, 0.25) is 0 Å². The van der Waals surface area contributed by atoms with Crippen molar-refractivity contribution in [1.82, 2.24) is 25.7 Å². The quantitative estimate of drug-likeness (QED) is 0.702. The van der Waals surface area contributed by atoms with Gasteiger partial charge in [-0.25, -0.2) is 0 Å². The minimum Gasteiger partial charge on any atom is -0.354 e. The van der Waals surface area contributed by atoms with Gasteiger partial charge in [0.25, 0.3) is 5.91 Å². The zero-order chi connectivity index (χ0) is 15.4. The SMILES string of the molecule is Cl.O=C(CNC(=O)c1ccn(C2CCCNC2)n1)NCC1CC1. The van der Waals surface area contributed by atoms with E-state index < -0.39 is 0 Å². The van der Waals surface area contributed by atoms with E-state index >= 15 is 0 Å². The molecule has 1 aromatic rings. The summed E-state index contributed by atoms with van der Waals surface area (Å²) in [6, 6.07) is 2.00. The Balaban J connectivity index is 0.00000192. The largest absolute Gasteiger partial charge is 0.354 e. The molecule has 1 unspecified atom stereocenters. The number of carbonyl (C=O) groups is 2. The Bertz CT molecular complexity index is 538. The lowest BCUT2D eigenvalue weighted by Crippen LogP contribution is -2.38. The fourth-order valence-electron chi connectivity index (χ4n) is 2.62. The van der Waals surface area contributed by atoms with Gasteiger partial charge in [-0.15, -0.1) is 12.4 Å². The third-order valence-corrected chi connectivity index (χ3v) is 4.18. The van der Waals surface area contributed by atoms with Crippen molar-refractivity contribution in [2.75, 3.05) is 26.2 Å². The molecule has 8 heteroatoms. The number of rotatable bonds is 6. The highest BCUT2D eigenvalue weighted by Crippen LogP contribution is 2.27. The van der Waals surface area contributed by atoms with Crippen LogP contribution in [0.25, 0.3) is 0 Å². The Morgan fingerprint density at radius 2 is 2.13 bits per heavy atom. The fraction of sp³-hybridized carbons (Fsp3) is 0.667. The lowest BCUT2D eigenvalue weighted by Gasteiger charge is -2.22. The third-order valence-electron chi connectivity index (χ3n) is 4.18. The number of piperidine rings is 1. The van der Waals surface area contributed by atoms with Crippen LogP contribution in [0, 0.1) is 5.92 Å². The summed E-state index contributed by atoms with van der Waals surface area (Å²) in [6.07, 6.45) is 6.41. The maximum atomic E-state index is 12.0. The second-order valence-electron chi connectivity index (χ2n) is 6.11. The van der Waals surface area contributed by atoms with Gasteiger partial charge in [-0.1, -0.05) is 0 Å². The first kappa shape index (κ1) is 17.7. The summed E-state index contributed by atoms with van der Waals surface area (Å²) in [5, 5.41) is 13.1. The molecule has 1 aliphatic carbocycles. The van der Waals surface area contributed by atoms with Crippen LogP contribution in [-0.4, -0.2) is 47.8 Å². The van der Waals surface area contributed by atoms with E-state index in [-0.39, 0.29) is 30.8 Å². The van der Waals surface area contributed by atoms with Crippen LogP contribution in [0.3, 0.4) is 0 Å². The molecule has 2 heterocycles. The summed E-state index contributed by atoms with van der Waals surface area (Å²) >= 11 is 0. The second kappa shape index (κ2) is 8.31. The molecule has 3 N–H and O–H groups in total. The van der Waals surface area contributed by atoms with Gasteiger partial charge in [-0.3, -0.25) is 14.3 Å². The number of halogens is 1. The minimum atomic E-state index is -0.302. The van der Waals surface area contributed by atoms with Crippen molar-refractivity contribution in [3.05, 3.63) is 18.0 Å². The van der Waals surface area contributed by atoms with Crippen LogP contribution in [0.15, 0.2) is 12.3 Å². The van der Waals surface area contributed by atoms with Crippen molar-refractivity contribution < 1.29 is 9.59 Å². The Kier molecular flexibility index (Phi) is 6.41. The number of nitrogens with zero attached hydrogens (tertiary/aromatic N) is 2. The van der Waals surface area contributed by atoms with Gasteiger partial charge in [0.2, 0.25) is 5.91 Å². The Morgan fingerprint density at radius 3 is 2.83 bits per heavy atom. The number of hydrogen-bond acceptors (Lipinski definition) is 4. The molecule has 1 aliphatic heterocycles. The number of aromatic nitrogens is 2. The average molecular weight is 342 g/mol. The Morgan fingerprint density at radius 1 is 1.30 bits per heavy atom. The van der Waals surface area contributed by atoms with Crippen LogP contribution in [0.1, 0.15) is 42.2 Å². The number of nitrogens with one attached hydrogen (secondary N) is 3. The molecule has 23 heavy (non-hydrogen) atoms. The summed E-state index contributed by atoms with van der Waals surface area (Å²) < 4.78 is 1.84. The average Bonchev–Trinajstić information content (AvgIpc) is 3.25. The molecule has 2 amide bonds. The first-order chi connectivity index (χ1) is 10.7. The number of amides is 2. The summed E-state index contributed by atoms with van der Waals surface area (Å²) in [4.78, 5) is 23.6.